The standard InChI is InChI=1S/C9H18N2O6S/c1-9(2,18(3,16)17)5-10-8(15)11-6(4-12)7(13)14/h6,12H,4-5H2,1-3H3,(H,13,14)(H2,10,11,15). The van der Waals surface area contributed by atoms with Crippen molar-refractivity contribution >= 4 is 21.8 Å². The Morgan fingerprint density at radius 1 is 1.33 bits per heavy atom. The van der Waals surface area contributed by atoms with Crippen LogP contribution in [0.1, 0.15) is 13.8 Å². The highest BCUT2D eigenvalue weighted by atomic mass is 32.2. The van der Waals surface area contributed by atoms with Crippen molar-refractivity contribution in [2.45, 2.75) is 24.6 Å². The third-order valence-corrected chi connectivity index (χ3v) is 4.62. The van der Waals surface area contributed by atoms with E-state index in [1.54, 1.807) is 0 Å². The van der Waals surface area contributed by atoms with E-state index < -0.39 is 39.2 Å². The number of nitrogens with one attached hydrogen (secondary N) is 2. The number of rotatable bonds is 6. The van der Waals surface area contributed by atoms with Crippen LogP contribution in [0, 0.1) is 0 Å². The maximum Gasteiger partial charge on any atom is 0.328 e. The van der Waals surface area contributed by atoms with Crippen LogP contribution in [0.25, 0.3) is 0 Å². The van der Waals surface area contributed by atoms with Crippen LogP contribution in [0.2, 0.25) is 0 Å². The Morgan fingerprint density at radius 2 is 1.83 bits per heavy atom. The molecule has 0 radical (unpaired) electrons. The molecule has 4 N–H and O–H groups in total. The van der Waals surface area contributed by atoms with Gasteiger partial charge in [0.05, 0.1) is 11.4 Å². The van der Waals surface area contributed by atoms with Gasteiger partial charge in [-0.05, 0) is 13.8 Å². The van der Waals surface area contributed by atoms with Gasteiger partial charge in [-0.3, -0.25) is 0 Å². The second-order valence-electron chi connectivity index (χ2n) is 4.43. The van der Waals surface area contributed by atoms with Crippen LogP contribution >= 0.6 is 0 Å². The molecule has 1 atom stereocenters. The summed E-state index contributed by atoms with van der Waals surface area (Å²) in [5, 5.41) is 21.5. The molecule has 18 heavy (non-hydrogen) atoms. The summed E-state index contributed by atoms with van der Waals surface area (Å²) in [7, 11) is -3.36. The average Bonchev–Trinajstić information content (AvgIpc) is 2.21. The Morgan fingerprint density at radius 3 is 2.17 bits per heavy atom. The number of carboxylic acids is 1. The maximum atomic E-state index is 11.3. The number of carbonyl (C=O) groups excluding carboxylic acids is 1. The zero-order valence-electron chi connectivity index (χ0n) is 10.4. The van der Waals surface area contributed by atoms with E-state index in [0.29, 0.717) is 0 Å². The molecule has 0 bridgehead atoms. The highest BCUT2D eigenvalue weighted by Gasteiger charge is 2.31. The van der Waals surface area contributed by atoms with Crippen molar-refractivity contribution in [3.05, 3.63) is 0 Å². The zero-order chi connectivity index (χ0) is 14.6. The molecular weight excluding hydrogens is 264 g/mol. The first-order chi connectivity index (χ1) is 8.01. The van der Waals surface area contributed by atoms with E-state index in [4.69, 9.17) is 10.2 Å². The van der Waals surface area contributed by atoms with Crippen molar-refractivity contribution < 1.29 is 28.2 Å². The van der Waals surface area contributed by atoms with E-state index in [1.807, 2.05) is 5.32 Å². The Balaban J connectivity index is 4.41. The maximum absolute atomic E-state index is 11.3. The second-order valence-corrected chi connectivity index (χ2v) is 7.08. The van der Waals surface area contributed by atoms with Gasteiger partial charge in [0.2, 0.25) is 0 Å². The topological polar surface area (TPSA) is 133 Å². The number of hydrogen-bond acceptors (Lipinski definition) is 5. The van der Waals surface area contributed by atoms with E-state index in [9.17, 15) is 18.0 Å². The van der Waals surface area contributed by atoms with Crippen molar-refractivity contribution in [2.75, 3.05) is 19.4 Å². The van der Waals surface area contributed by atoms with Gasteiger partial charge in [0, 0.05) is 12.8 Å². The summed E-state index contributed by atoms with van der Waals surface area (Å²) >= 11 is 0. The molecular formula is C9H18N2O6S. The number of carboxylic acid groups (broad SMARTS) is 1. The van der Waals surface area contributed by atoms with Crippen LogP contribution in [0.3, 0.4) is 0 Å². The molecule has 0 aromatic rings. The summed E-state index contributed by atoms with van der Waals surface area (Å²) < 4.78 is 21.5. The number of urea groups is 1. The van der Waals surface area contributed by atoms with Crippen molar-refractivity contribution in [2.24, 2.45) is 0 Å². The van der Waals surface area contributed by atoms with Crippen molar-refractivity contribution in [1.82, 2.24) is 10.6 Å². The fraction of sp³-hybridized carbons (Fsp3) is 0.778. The van der Waals surface area contributed by atoms with Crippen LogP contribution in [0.5, 0.6) is 0 Å². The minimum Gasteiger partial charge on any atom is -0.480 e. The normalized spacial score (nSPS) is 13.8. The molecule has 9 heteroatoms. The Hall–Kier alpha value is -1.35. The summed E-state index contributed by atoms with van der Waals surface area (Å²) in [5.41, 5.74) is 0. The number of aliphatic hydroxyl groups excluding tert-OH is 1. The van der Waals surface area contributed by atoms with Crippen molar-refractivity contribution in [3.8, 4) is 0 Å². The molecule has 0 saturated carbocycles. The summed E-state index contributed by atoms with van der Waals surface area (Å²) in [6.45, 7) is 1.94. The minimum atomic E-state index is -3.36. The molecule has 0 aromatic heterocycles. The van der Waals surface area contributed by atoms with Gasteiger partial charge in [0.25, 0.3) is 0 Å². The summed E-state index contributed by atoms with van der Waals surface area (Å²) in [6.07, 6.45) is 1.04. The number of carbonyl (C=O) groups is 2. The molecule has 0 aliphatic carbocycles. The number of aliphatic carboxylic acids is 1. The molecule has 0 heterocycles. The molecule has 0 saturated heterocycles. The molecule has 0 rings (SSSR count). The van der Waals surface area contributed by atoms with Crippen LogP contribution in [0.4, 0.5) is 4.79 Å². The predicted octanol–water partition coefficient (Wildman–Crippen LogP) is -1.45. The third kappa shape index (κ3) is 4.88. The zero-order valence-corrected chi connectivity index (χ0v) is 11.2. The second kappa shape index (κ2) is 6.01. The van der Waals surface area contributed by atoms with Crippen LogP contribution in [-0.4, -0.2) is 60.8 Å². The lowest BCUT2D eigenvalue weighted by Crippen LogP contribution is -2.51. The summed E-state index contributed by atoms with van der Waals surface area (Å²) in [4.78, 5) is 21.8. The molecule has 0 aliphatic rings. The van der Waals surface area contributed by atoms with E-state index >= 15 is 0 Å². The van der Waals surface area contributed by atoms with Gasteiger partial charge in [-0.25, -0.2) is 18.0 Å². The summed E-state index contributed by atoms with van der Waals surface area (Å²) in [6, 6.07) is -2.28. The van der Waals surface area contributed by atoms with Crippen LogP contribution in [-0.2, 0) is 14.6 Å². The van der Waals surface area contributed by atoms with Gasteiger partial charge in [-0.1, -0.05) is 0 Å². The first-order valence-corrected chi connectivity index (χ1v) is 6.98. The van der Waals surface area contributed by atoms with Crippen LogP contribution in [0.15, 0.2) is 0 Å². The smallest absolute Gasteiger partial charge is 0.328 e. The number of amides is 2. The first kappa shape index (κ1) is 16.6. The van der Waals surface area contributed by atoms with Crippen molar-refractivity contribution in [1.29, 1.82) is 0 Å². The number of aliphatic hydroxyl groups is 1. The lowest BCUT2D eigenvalue weighted by atomic mass is 10.2. The quantitative estimate of drug-likeness (QED) is 0.471. The molecule has 0 spiro atoms. The number of sulfone groups is 1. The fourth-order valence-electron chi connectivity index (χ4n) is 0.819. The van der Waals surface area contributed by atoms with E-state index in [1.165, 1.54) is 13.8 Å². The van der Waals surface area contributed by atoms with Gasteiger partial charge in [-0.15, -0.1) is 0 Å². The monoisotopic (exact) mass is 282 g/mol. The molecule has 0 fully saturated rings. The Kier molecular flexibility index (Phi) is 5.55. The lowest BCUT2D eigenvalue weighted by Gasteiger charge is -2.23. The Bertz CT molecular complexity index is 417. The molecule has 8 nitrogen and oxygen atoms in total. The molecule has 0 aliphatic heterocycles. The van der Waals surface area contributed by atoms with E-state index in [2.05, 4.69) is 5.32 Å². The molecule has 2 amide bonds. The predicted molar refractivity (Wildman–Crippen MR) is 64.0 cm³/mol. The number of hydrogen-bond donors (Lipinski definition) is 4. The largest absolute Gasteiger partial charge is 0.480 e. The lowest BCUT2D eigenvalue weighted by molar-refractivity contribution is -0.140. The molecule has 106 valence electrons. The molecule has 0 aromatic carbocycles. The van der Waals surface area contributed by atoms with Gasteiger partial charge in [0.15, 0.2) is 15.9 Å². The third-order valence-electron chi connectivity index (χ3n) is 2.46. The van der Waals surface area contributed by atoms with E-state index in [0.717, 1.165) is 6.26 Å². The molecule has 1 unspecified atom stereocenters. The first-order valence-electron chi connectivity index (χ1n) is 5.09. The van der Waals surface area contributed by atoms with E-state index in [-0.39, 0.29) is 6.54 Å². The van der Waals surface area contributed by atoms with Gasteiger partial charge < -0.3 is 20.8 Å². The fourth-order valence-corrected chi connectivity index (χ4v) is 1.15. The van der Waals surface area contributed by atoms with Gasteiger partial charge in [0.1, 0.15) is 0 Å². The van der Waals surface area contributed by atoms with Gasteiger partial charge >= 0.3 is 12.0 Å². The minimum absolute atomic E-state index is 0.171. The summed E-state index contributed by atoms with van der Waals surface area (Å²) in [5.74, 6) is -1.38. The Labute approximate surface area is 105 Å². The van der Waals surface area contributed by atoms with Crippen LogP contribution < -0.4 is 10.6 Å². The highest BCUT2D eigenvalue weighted by Crippen LogP contribution is 2.13. The highest BCUT2D eigenvalue weighted by molar-refractivity contribution is 7.92. The SMILES string of the molecule is CC(C)(CNC(=O)NC(CO)C(=O)O)S(C)(=O)=O. The van der Waals surface area contributed by atoms with Gasteiger partial charge in [-0.2, -0.15) is 0 Å². The average molecular weight is 282 g/mol. The van der Waals surface area contributed by atoms with Crippen molar-refractivity contribution in [3.63, 3.8) is 0 Å².